The summed E-state index contributed by atoms with van der Waals surface area (Å²) < 4.78 is 0. The Morgan fingerprint density at radius 3 is 2.81 bits per heavy atom. The number of pyridine rings is 1. The maximum Gasteiger partial charge on any atom is 0.242 e. The van der Waals surface area contributed by atoms with Crippen LogP contribution in [-0.4, -0.2) is 35.9 Å². The zero-order valence-corrected chi connectivity index (χ0v) is 12.5. The van der Waals surface area contributed by atoms with E-state index in [1.807, 2.05) is 6.07 Å². The van der Waals surface area contributed by atoms with Crippen molar-refractivity contribution < 1.29 is 9.59 Å². The van der Waals surface area contributed by atoms with Crippen molar-refractivity contribution in [3.8, 4) is 0 Å². The van der Waals surface area contributed by atoms with Gasteiger partial charge in [-0.05, 0) is 37.9 Å². The van der Waals surface area contributed by atoms with Gasteiger partial charge in [-0.15, -0.1) is 12.4 Å². The van der Waals surface area contributed by atoms with Crippen molar-refractivity contribution in [2.75, 3.05) is 23.3 Å². The maximum absolute atomic E-state index is 11.9. The van der Waals surface area contributed by atoms with Gasteiger partial charge in [0.2, 0.25) is 11.8 Å². The van der Waals surface area contributed by atoms with E-state index in [9.17, 15) is 9.59 Å². The summed E-state index contributed by atoms with van der Waals surface area (Å²) in [6, 6.07) is 3.46. The third-order valence-corrected chi connectivity index (χ3v) is 3.76. The van der Waals surface area contributed by atoms with E-state index in [4.69, 9.17) is 0 Å². The van der Waals surface area contributed by atoms with Crippen LogP contribution in [0.4, 0.5) is 11.5 Å². The number of amides is 2. The maximum atomic E-state index is 11.9. The summed E-state index contributed by atoms with van der Waals surface area (Å²) in [5, 5.41) is 5.94. The molecular formula is C14H19ClN4O2. The van der Waals surface area contributed by atoms with Crippen LogP contribution in [0.25, 0.3) is 0 Å². The summed E-state index contributed by atoms with van der Waals surface area (Å²) in [6.45, 7) is 1.64. The Balaban J connectivity index is 0.00000161. The summed E-state index contributed by atoms with van der Waals surface area (Å²) in [7, 11) is 0. The van der Waals surface area contributed by atoms with Gasteiger partial charge >= 0.3 is 0 Å². The molecule has 0 aromatic carbocycles. The Bertz CT molecular complexity index is 514. The molecule has 114 valence electrons. The second-order valence-corrected chi connectivity index (χ2v) is 5.19. The first kappa shape index (κ1) is 15.7. The van der Waals surface area contributed by atoms with Crippen molar-refractivity contribution in [3.05, 3.63) is 18.3 Å². The number of aromatic nitrogens is 1. The van der Waals surface area contributed by atoms with Gasteiger partial charge in [-0.3, -0.25) is 9.59 Å². The Morgan fingerprint density at radius 2 is 2.24 bits per heavy atom. The van der Waals surface area contributed by atoms with E-state index in [2.05, 4.69) is 15.6 Å². The van der Waals surface area contributed by atoms with Gasteiger partial charge in [0, 0.05) is 13.0 Å². The van der Waals surface area contributed by atoms with Gasteiger partial charge in [-0.1, -0.05) is 0 Å². The van der Waals surface area contributed by atoms with Crippen LogP contribution in [0.2, 0.25) is 0 Å². The van der Waals surface area contributed by atoms with E-state index in [1.165, 1.54) is 0 Å². The van der Waals surface area contributed by atoms with Gasteiger partial charge in [0.05, 0.1) is 17.9 Å². The molecule has 2 N–H and O–H groups in total. The van der Waals surface area contributed by atoms with Crippen molar-refractivity contribution in [2.45, 2.75) is 31.7 Å². The summed E-state index contributed by atoms with van der Waals surface area (Å²) >= 11 is 0. The molecule has 0 spiro atoms. The normalized spacial score (nSPS) is 21.2. The summed E-state index contributed by atoms with van der Waals surface area (Å²) in [5.74, 6) is 0.623. The molecule has 2 saturated heterocycles. The predicted molar refractivity (Wildman–Crippen MR) is 82.7 cm³/mol. The molecule has 1 aromatic rings. The van der Waals surface area contributed by atoms with Crippen molar-refractivity contribution >= 4 is 35.7 Å². The SMILES string of the molecule is Cl.O=C(Nc1ccc(N2CCCC2=O)cn1)C1CCCN1. The third-order valence-electron chi connectivity index (χ3n) is 3.76. The second kappa shape index (κ2) is 6.87. The van der Waals surface area contributed by atoms with Gasteiger partial charge in [0.1, 0.15) is 5.82 Å². The minimum Gasteiger partial charge on any atom is -0.311 e. The van der Waals surface area contributed by atoms with E-state index in [-0.39, 0.29) is 30.3 Å². The second-order valence-electron chi connectivity index (χ2n) is 5.19. The number of rotatable bonds is 3. The molecular weight excluding hydrogens is 292 g/mol. The predicted octanol–water partition coefficient (Wildman–Crippen LogP) is 1.32. The van der Waals surface area contributed by atoms with Crippen LogP contribution in [0.15, 0.2) is 18.3 Å². The molecule has 0 bridgehead atoms. The number of carbonyl (C=O) groups is 2. The first-order valence-electron chi connectivity index (χ1n) is 7.05. The average molecular weight is 311 g/mol. The molecule has 21 heavy (non-hydrogen) atoms. The molecule has 0 aliphatic carbocycles. The Hall–Kier alpha value is -1.66. The molecule has 3 heterocycles. The van der Waals surface area contributed by atoms with Crippen molar-refractivity contribution in [1.82, 2.24) is 10.3 Å². The van der Waals surface area contributed by atoms with E-state index >= 15 is 0 Å². The van der Waals surface area contributed by atoms with Gasteiger partial charge in [-0.2, -0.15) is 0 Å². The molecule has 1 atom stereocenters. The molecule has 0 saturated carbocycles. The van der Waals surface area contributed by atoms with Gasteiger partial charge in [0.25, 0.3) is 0 Å². The summed E-state index contributed by atoms with van der Waals surface area (Å²) in [5.41, 5.74) is 0.796. The number of halogens is 1. The number of hydrogen-bond acceptors (Lipinski definition) is 4. The van der Waals surface area contributed by atoms with Crippen molar-refractivity contribution in [1.29, 1.82) is 0 Å². The molecule has 6 nitrogen and oxygen atoms in total. The highest BCUT2D eigenvalue weighted by Gasteiger charge is 2.23. The van der Waals surface area contributed by atoms with E-state index in [1.54, 1.807) is 17.2 Å². The molecule has 2 fully saturated rings. The topological polar surface area (TPSA) is 74.3 Å². The van der Waals surface area contributed by atoms with Crippen LogP contribution >= 0.6 is 12.4 Å². The fourth-order valence-electron chi connectivity index (χ4n) is 2.66. The highest BCUT2D eigenvalue weighted by atomic mass is 35.5. The number of hydrogen-bond donors (Lipinski definition) is 2. The molecule has 7 heteroatoms. The smallest absolute Gasteiger partial charge is 0.242 e. The molecule has 2 aliphatic rings. The van der Waals surface area contributed by atoms with Crippen LogP contribution in [0.3, 0.4) is 0 Å². The van der Waals surface area contributed by atoms with Crippen LogP contribution in [0, 0.1) is 0 Å². The van der Waals surface area contributed by atoms with Crippen LogP contribution in [0.1, 0.15) is 25.7 Å². The van der Waals surface area contributed by atoms with Crippen molar-refractivity contribution in [3.63, 3.8) is 0 Å². The molecule has 0 radical (unpaired) electrons. The van der Waals surface area contributed by atoms with Gasteiger partial charge in [-0.25, -0.2) is 4.98 Å². The number of carbonyl (C=O) groups excluding carboxylic acids is 2. The minimum atomic E-state index is -0.114. The zero-order chi connectivity index (χ0) is 13.9. The number of nitrogens with zero attached hydrogens (tertiary/aromatic N) is 2. The highest BCUT2D eigenvalue weighted by Crippen LogP contribution is 2.21. The Morgan fingerprint density at radius 1 is 1.38 bits per heavy atom. The third kappa shape index (κ3) is 3.51. The highest BCUT2D eigenvalue weighted by molar-refractivity contribution is 5.96. The minimum absolute atomic E-state index is 0. The molecule has 2 aliphatic heterocycles. The van der Waals surface area contributed by atoms with Crippen molar-refractivity contribution in [2.24, 2.45) is 0 Å². The Labute approximate surface area is 129 Å². The first-order chi connectivity index (χ1) is 9.74. The van der Waals surface area contributed by atoms with Crippen LogP contribution in [0.5, 0.6) is 0 Å². The lowest BCUT2D eigenvalue weighted by Crippen LogP contribution is -2.35. The first-order valence-corrected chi connectivity index (χ1v) is 7.05. The van der Waals surface area contributed by atoms with E-state index in [0.29, 0.717) is 12.2 Å². The standard InChI is InChI=1S/C14H18N4O2.ClH/c19-13-4-2-8-18(13)10-5-6-12(16-9-10)17-14(20)11-3-1-7-15-11;/h5-6,9,11,15H,1-4,7-8H2,(H,16,17,20);1H. The average Bonchev–Trinajstić information content (AvgIpc) is 3.11. The zero-order valence-electron chi connectivity index (χ0n) is 11.7. The lowest BCUT2D eigenvalue weighted by atomic mass is 10.2. The summed E-state index contributed by atoms with van der Waals surface area (Å²) in [6.07, 6.45) is 5.03. The number of nitrogens with one attached hydrogen (secondary N) is 2. The number of anilines is 2. The van der Waals surface area contributed by atoms with Gasteiger partial charge < -0.3 is 15.5 Å². The van der Waals surface area contributed by atoms with Crippen LogP contribution < -0.4 is 15.5 Å². The lowest BCUT2D eigenvalue weighted by Gasteiger charge is -2.16. The lowest BCUT2D eigenvalue weighted by molar-refractivity contribution is -0.118. The summed E-state index contributed by atoms with van der Waals surface area (Å²) in [4.78, 5) is 29.5. The fourth-order valence-corrected chi connectivity index (χ4v) is 2.66. The van der Waals surface area contributed by atoms with E-state index < -0.39 is 0 Å². The largest absolute Gasteiger partial charge is 0.311 e. The Kier molecular flexibility index (Phi) is 5.14. The quantitative estimate of drug-likeness (QED) is 0.883. The van der Waals surface area contributed by atoms with Gasteiger partial charge in [0.15, 0.2) is 0 Å². The molecule has 1 unspecified atom stereocenters. The fraction of sp³-hybridized carbons (Fsp3) is 0.500. The molecule has 3 rings (SSSR count). The van der Waals surface area contributed by atoms with E-state index in [0.717, 1.165) is 38.0 Å². The molecule has 2 amide bonds. The van der Waals surface area contributed by atoms with Crippen LogP contribution in [-0.2, 0) is 9.59 Å². The molecule has 1 aromatic heterocycles. The monoisotopic (exact) mass is 310 g/mol.